The highest BCUT2D eigenvalue weighted by Crippen LogP contribution is 2.17. The van der Waals surface area contributed by atoms with Crippen molar-refractivity contribution in [2.45, 2.75) is 0 Å². The predicted octanol–water partition coefficient (Wildman–Crippen LogP) is 4.00. The molecule has 8 heteroatoms. The molecule has 108 valence electrons. The lowest BCUT2D eigenvalue weighted by Crippen LogP contribution is -2.35. The van der Waals surface area contributed by atoms with E-state index < -0.39 is 11.9 Å². The Kier molecular flexibility index (Phi) is 5.01. The maximum atomic E-state index is 11.9. The third kappa shape index (κ3) is 4.32. The minimum atomic E-state index is -0.756. The number of carbonyl (C=O) groups is 2. The van der Waals surface area contributed by atoms with Crippen LogP contribution in [0.3, 0.4) is 0 Å². The van der Waals surface area contributed by atoms with E-state index >= 15 is 0 Å². The Balaban J connectivity index is 2.03. The number of hydrogen-bond donors (Lipinski definition) is 2. The van der Waals surface area contributed by atoms with E-state index in [-0.39, 0.29) is 15.9 Å². The molecule has 5 nitrogen and oxygen atoms in total. The first kappa shape index (κ1) is 15.6. The molecule has 21 heavy (non-hydrogen) atoms. The maximum Gasteiger partial charge on any atom is 0.326 e. The van der Waals surface area contributed by atoms with Crippen LogP contribution in [-0.4, -0.2) is 16.9 Å². The van der Waals surface area contributed by atoms with Crippen LogP contribution in [0, 0.1) is 0 Å². The summed E-state index contributed by atoms with van der Waals surface area (Å²) < 4.78 is 0. The molecule has 2 N–H and O–H groups in total. The molecule has 0 aliphatic heterocycles. The van der Waals surface area contributed by atoms with Crippen LogP contribution in [0.15, 0.2) is 36.4 Å². The van der Waals surface area contributed by atoms with Gasteiger partial charge in [0.25, 0.3) is 5.91 Å². The summed E-state index contributed by atoms with van der Waals surface area (Å²) in [5.74, 6) is -0.756. The average molecular weight is 345 g/mol. The van der Waals surface area contributed by atoms with Gasteiger partial charge in [0.05, 0.1) is 5.02 Å². The van der Waals surface area contributed by atoms with Gasteiger partial charge in [-0.3, -0.25) is 10.1 Å². The Hall–Kier alpha value is -1.82. The van der Waals surface area contributed by atoms with Gasteiger partial charge in [0.1, 0.15) is 10.8 Å². The fraction of sp³-hybridized carbons (Fsp3) is 0. The Morgan fingerprint density at radius 1 is 0.952 bits per heavy atom. The third-order valence-electron chi connectivity index (χ3n) is 2.36. The van der Waals surface area contributed by atoms with Crippen LogP contribution < -0.4 is 10.6 Å². The number of nitrogens with zero attached hydrogens (tertiary/aromatic N) is 1. The van der Waals surface area contributed by atoms with Crippen LogP contribution in [0.2, 0.25) is 15.2 Å². The monoisotopic (exact) mass is 343 g/mol. The molecule has 0 aliphatic rings. The molecule has 2 aromatic rings. The molecule has 1 aromatic heterocycles. The van der Waals surface area contributed by atoms with Crippen molar-refractivity contribution in [1.29, 1.82) is 0 Å². The lowest BCUT2D eigenvalue weighted by atomic mass is 10.3. The number of hydrogen-bond acceptors (Lipinski definition) is 3. The first-order chi connectivity index (χ1) is 9.95. The fourth-order valence-corrected chi connectivity index (χ4v) is 1.90. The highest BCUT2D eigenvalue weighted by atomic mass is 35.5. The summed E-state index contributed by atoms with van der Waals surface area (Å²) >= 11 is 17.2. The number of benzene rings is 1. The Morgan fingerprint density at radius 3 is 2.29 bits per heavy atom. The number of urea groups is 1. The quantitative estimate of drug-likeness (QED) is 0.809. The van der Waals surface area contributed by atoms with Gasteiger partial charge in [-0.25, -0.2) is 9.78 Å². The van der Waals surface area contributed by atoms with Crippen molar-refractivity contribution in [1.82, 2.24) is 10.3 Å². The second-order valence-corrected chi connectivity index (χ2v) is 5.11. The van der Waals surface area contributed by atoms with Crippen LogP contribution in [0.25, 0.3) is 0 Å². The molecule has 3 amide bonds. The summed E-state index contributed by atoms with van der Waals surface area (Å²) in [7, 11) is 0. The van der Waals surface area contributed by atoms with Crippen molar-refractivity contribution in [2.75, 3.05) is 5.32 Å². The van der Waals surface area contributed by atoms with E-state index in [2.05, 4.69) is 15.6 Å². The molecule has 0 aliphatic carbocycles. The van der Waals surface area contributed by atoms with Crippen molar-refractivity contribution in [3.05, 3.63) is 57.3 Å². The zero-order chi connectivity index (χ0) is 15.4. The van der Waals surface area contributed by atoms with E-state index in [9.17, 15) is 9.59 Å². The number of pyridine rings is 1. The first-order valence-electron chi connectivity index (χ1n) is 5.65. The van der Waals surface area contributed by atoms with Gasteiger partial charge in [-0.15, -0.1) is 0 Å². The standard InChI is InChI=1S/C13H8Cl3N3O2/c14-7-1-3-8(4-2-7)17-13(21)19-12(20)11-9(15)5-6-10(16)18-11/h1-6H,(H2,17,19,20,21). The minimum Gasteiger partial charge on any atom is -0.308 e. The lowest BCUT2D eigenvalue weighted by Gasteiger charge is -2.07. The third-order valence-corrected chi connectivity index (χ3v) is 3.12. The van der Waals surface area contributed by atoms with Crippen LogP contribution in [-0.2, 0) is 0 Å². The Bertz CT molecular complexity index is 690. The molecule has 0 fully saturated rings. The lowest BCUT2D eigenvalue weighted by molar-refractivity contribution is 0.0962. The average Bonchev–Trinajstić information content (AvgIpc) is 2.44. The van der Waals surface area contributed by atoms with Gasteiger partial charge < -0.3 is 5.32 Å². The van der Waals surface area contributed by atoms with Crippen LogP contribution >= 0.6 is 34.8 Å². The van der Waals surface area contributed by atoms with E-state index in [0.717, 1.165) is 0 Å². The number of rotatable bonds is 2. The summed E-state index contributed by atoms with van der Waals surface area (Å²) in [4.78, 5) is 27.3. The smallest absolute Gasteiger partial charge is 0.308 e. The van der Waals surface area contributed by atoms with Gasteiger partial charge in [-0.2, -0.15) is 0 Å². The van der Waals surface area contributed by atoms with Crippen molar-refractivity contribution < 1.29 is 9.59 Å². The summed E-state index contributed by atoms with van der Waals surface area (Å²) in [6.45, 7) is 0. The topological polar surface area (TPSA) is 71.1 Å². The number of halogens is 3. The van der Waals surface area contributed by atoms with E-state index in [0.29, 0.717) is 10.7 Å². The Morgan fingerprint density at radius 2 is 1.62 bits per heavy atom. The fourth-order valence-electron chi connectivity index (χ4n) is 1.44. The van der Waals surface area contributed by atoms with Crippen LogP contribution in [0.1, 0.15) is 10.5 Å². The van der Waals surface area contributed by atoms with Crippen LogP contribution in [0.5, 0.6) is 0 Å². The molecule has 2 rings (SSSR count). The van der Waals surface area contributed by atoms with Crippen molar-refractivity contribution >= 4 is 52.4 Å². The number of nitrogens with one attached hydrogen (secondary N) is 2. The molecule has 0 bridgehead atoms. The summed E-state index contributed by atoms with van der Waals surface area (Å²) in [6.07, 6.45) is 0. The van der Waals surface area contributed by atoms with Crippen molar-refractivity contribution in [3.8, 4) is 0 Å². The second-order valence-electron chi connectivity index (χ2n) is 3.88. The molecule has 0 saturated heterocycles. The number of imide groups is 1. The maximum absolute atomic E-state index is 11.9. The van der Waals surface area contributed by atoms with E-state index in [1.165, 1.54) is 12.1 Å². The van der Waals surface area contributed by atoms with Gasteiger partial charge >= 0.3 is 6.03 Å². The SMILES string of the molecule is O=C(NC(=O)c1nc(Cl)ccc1Cl)Nc1ccc(Cl)cc1. The highest BCUT2D eigenvalue weighted by molar-refractivity contribution is 6.35. The van der Waals surface area contributed by atoms with Gasteiger partial charge in [0.15, 0.2) is 0 Å². The van der Waals surface area contributed by atoms with Crippen LogP contribution in [0.4, 0.5) is 10.5 Å². The molecule has 0 unspecified atom stereocenters. The zero-order valence-electron chi connectivity index (χ0n) is 10.4. The number of carbonyl (C=O) groups excluding carboxylic acids is 2. The second kappa shape index (κ2) is 6.76. The zero-order valence-corrected chi connectivity index (χ0v) is 12.6. The molecule has 0 radical (unpaired) electrons. The van der Waals surface area contributed by atoms with Gasteiger partial charge in [0, 0.05) is 10.7 Å². The van der Waals surface area contributed by atoms with Crippen molar-refractivity contribution in [2.24, 2.45) is 0 Å². The van der Waals surface area contributed by atoms with Gasteiger partial charge in [-0.05, 0) is 36.4 Å². The predicted molar refractivity (Wildman–Crippen MR) is 82.2 cm³/mol. The van der Waals surface area contributed by atoms with E-state index in [1.807, 2.05) is 0 Å². The highest BCUT2D eigenvalue weighted by Gasteiger charge is 2.15. The molecule has 0 saturated carbocycles. The van der Waals surface area contributed by atoms with Gasteiger partial charge in [0.2, 0.25) is 0 Å². The summed E-state index contributed by atoms with van der Waals surface area (Å²) in [6, 6.07) is 8.54. The molecule has 0 spiro atoms. The first-order valence-corrected chi connectivity index (χ1v) is 6.79. The normalized spacial score (nSPS) is 10.0. The molecule has 0 atom stereocenters. The summed E-state index contributed by atoms with van der Waals surface area (Å²) in [5, 5.41) is 5.30. The minimum absolute atomic E-state index is 0.0937. The number of anilines is 1. The summed E-state index contributed by atoms with van der Waals surface area (Å²) in [5.41, 5.74) is 0.352. The molecule has 1 aromatic carbocycles. The molecule has 1 heterocycles. The van der Waals surface area contributed by atoms with E-state index in [4.69, 9.17) is 34.8 Å². The number of aromatic nitrogens is 1. The molecular formula is C13H8Cl3N3O2. The van der Waals surface area contributed by atoms with E-state index in [1.54, 1.807) is 24.3 Å². The van der Waals surface area contributed by atoms with Gasteiger partial charge in [-0.1, -0.05) is 34.8 Å². The molecular weight excluding hydrogens is 337 g/mol. The number of amides is 3. The largest absolute Gasteiger partial charge is 0.326 e. The Labute approximate surface area is 135 Å². The van der Waals surface area contributed by atoms with Crippen molar-refractivity contribution in [3.63, 3.8) is 0 Å².